The van der Waals surface area contributed by atoms with Gasteiger partial charge in [-0.15, -0.1) is 0 Å². The first-order chi connectivity index (χ1) is 15.9. The Morgan fingerprint density at radius 2 is 2.00 bits per heavy atom. The third-order valence-corrected chi connectivity index (χ3v) is 5.32. The number of amides is 1. The third kappa shape index (κ3) is 4.41. The number of aryl methyl sites for hydroxylation is 1. The second-order valence-corrected chi connectivity index (χ2v) is 7.48. The number of hydrogen-bond acceptors (Lipinski definition) is 6. The molecule has 3 aromatic rings. The molecule has 0 bridgehead atoms. The molecule has 1 aliphatic rings. The molecule has 1 aromatic heterocycles. The Hall–Kier alpha value is -4.58. The number of ether oxygens (including phenoxy) is 2. The average molecular weight is 444 g/mol. The van der Waals surface area contributed by atoms with Crippen LogP contribution in [0.25, 0.3) is 11.8 Å². The van der Waals surface area contributed by atoms with E-state index in [0.29, 0.717) is 22.7 Å². The number of carbonyl (C=O) groups is 1. The lowest BCUT2D eigenvalue weighted by Crippen LogP contribution is -2.23. The van der Waals surface area contributed by atoms with E-state index in [0.717, 1.165) is 17.0 Å². The molecule has 9 nitrogen and oxygen atoms in total. The van der Waals surface area contributed by atoms with Crippen LogP contribution in [0.3, 0.4) is 0 Å². The molecule has 0 saturated heterocycles. The second-order valence-electron chi connectivity index (χ2n) is 7.48. The standard InChI is InChI=1S/C24H20N4O5/c1-15-8-18(16(2)27(15)20-4-3-5-21(11-20)28(30)31)10-19(12-25)24(29)26-13-17-6-7-22-23(9-17)33-14-32-22/h3-11H,13-14H2,1-2H3,(H,26,29)/b19-10+. The summed E-state index contributed by atoms with van der Waals surface area (Å²) < 4.78 is 12.5. The zero-order valence-corrected chi connectivity index (χ0v) is 18.0. The number of nitro groups is 1. The van der Waals surface area contributed by atoms with Crippen LogP contribution in [0.2, 0.25) is 0 Å². The number of carbonyl (C=O) groups excluding carboxylic acids is 1. The van der Waals surface area contributed by atoms with Crippen LogP contribution in [0.15, 0.2) is 54.1 Å². The Kier molecular flexibility index (Phi) is 5.83. The van der Waals surface area contributed by atoms with Crippen molar-refractivity contribution in [1.29, 1.82) is 5.26 Å². The van der Waals surface area contributed by atoms with E-state index < -0.39 is 10.8 Å². The number of nitro benzene ring substituents is 1. The van der Waals surface area contributed by atoms with Gasteiger partial charge < -0.3 is 19.4 Å². The number of nitriles is 1. The van der Waals surface area contributed by atoms with E-state index in [1.807, 2.05) is 36.6 Å². The Morgan fingerprint density at radius 1 is 1.21 bits per heavy atom. The summed E-state index contributed by atoms with van der Waals surface area (Å²) in [4.78, 5) is 23.3. The van der Waals surface area contributed by atoms with E-state index in [-0.39, 0.29) is 24.6 Å². The van der Waals surface area contributed by atoms with E-state index in [9.17, 15) is 20.2 Å². The summed E-state index contributed by atoms with van der Waals surface area (Å²) in [5.41, 5.74) is 3.63. The lowest BCUT2D eigenvalue weighted by atomic mass is 10.1. The van der Waals surface area contributed by atoms with Gasteiger partial charge in [0, 0.05) is 30.1 Å². The van der Waals surface area contributed by atoms with E-state index in [1.165, 1.54) is 18.2 Å². The molecule has 1 aliphatic heterocycles. The van der Waals surface area contributed by atoms with E-state index in [4.69, 9.17) is 9.47 Å². The highest BCUT2D eigenvalue weighted by Gasteiger charge is 2.17. The van der Waals surface area contributed by atoms with Gasteiger partial charge in [0.25, 0.3) is 11.6 Å². The van der Waals surface area contributed by atoms with Gasteiger partial charge in [0.05, 0.1) is 10.6 Å². The second kappa shape index (κ2) is 8.88. The van der Waals surface area contributed by atoms with E-state index >= 15 is 0 Å². The number of benzene rings is 2. The Labute approximate surface area is 189 Å². The smallest absolute Gasteiger partial charge is 0.271 e. The van der Waals surface area contributed by atoms with Crippen molar-refractivity contribution in [2.45, 2.75) is 20.4 Å². The molecule has 2 heterocycles. The van der Waals surface area contributed by atoms with Gasteiger partial charge in [-0.05, 0) is 55.3 Å². The van der Waals surface area contributed by atoms with Gasteiger partial charge in [0.1, 0.15) is 11.6 Å². The molecule has 0 aliphatic carbocycles. The molecule has 9 heteroatoms. The predicted molar refractivity (Wildman–Crippen MR) is 120 cm³/mol. The van der Waals surface area contributed by atoms with E-state index in [1.54, 1.807) is 24.3 Å². The van der Waals surface area contributed by atoms with Crippen molar-refractivity contribution < 1.29 is 19.2 Å². The first kappa shape index (κ1) is 21.6. The Balaban J connectivity index is 1.55. The first-order valence-electron chi connectivity index (χ1n) is 10.1. The summed E-state index contributed by atoms with van der Waals surface area (Å²) in [6.07, 6.45) is 1.52. The van der Waals surface area contributed by atoms with Gasteiger partial charge in [0.2, 0.25) is 6.79 Å². The molecular weight excluding hydrogens is 424 g/mol. The lowest BCUT2D eigenvalue weighted by molar-refractivity contribution is -0.384. The summed E-state index contributed by atoms with van der Waals surface area (Å²) >= 11 is 0. The number of aromatic nitrogens is 1. The zero-order chi connectivity index (χ0) is 23.5. The monoisotopic (exact) mass is 444 g/mol. The minimum absolute atomic E-state index is 0.0160. The lowest BCUT2D eigenvalue weighted by Gasteiger charge is -2.09. The molecule has 0 fully saturated rings. The van der Waals surface area contributed by atoms with E-state index in [2.05, 4.69) is 5.32 Å². The minimum Gasteiger partial charge on any atom is -0.454 e. The fourth-order valence-corrected chi connectivity index (χ4v) is 3.71. The highest BCUT2D eigenvalue weighted by Crippen LogP contribution is 2.32. The topological polar surface area (TPSA) is 119 Å². The molecule has 0 atom stereocenters. The molecule has 1 N–H and O–H groups in total. The number of hydrogen-bond donors (Lipinski definition) is 1. The number of non-ortho nitro benzene ring substituents is 1. The summed E-state index contributed by atoms with van der Waals surface area (Å²) in [5, 5.41) is 23.4. The first-order valence-corrected chi connectivity index (χ1v) is 10.1. The van der Waals surface area contributed by atoms with Crippen molar-refractivity contribution in [2.24, 2.45) is 0 Å². The molecule has 2 aromatic carbocycles. The van der Waals surface area contributed by atoms with Crippen molar-refractivity contribution in [1.82, 2.24) is 9.88 Å². The molecule has 0 spiro atoms. The van der Waals surface area contributed by atoms with Crippen LogP contribution >= 0.6 is 0 Å². The van der Waals surface area contributed by atoms with Crippen LogP contribution in [0.5, 0.6) is 11.5 Å². The number of nitrogens with one attached hydrogen (secondary N) is 1. The van der Waals surface area contributed by atoms with Crippen molar-refractivity contribution in [3.05, 3.63) is 86.7 Å². The van der Waals surface area contributed by atoms with Crippen LogP contribution in [0.1, 0.15) is 22.5 Å². The largest absolute Gasteiger partial charge is 0.454 e. The summed E-state index contributed by atoms with van der Waals surface area (Å²) in [7, 11) is 0. The third-order valence-electron chi connectivity index (χ3n) is 5.32. The molecule has 1 amide bonds. The van der Waals surface area contributed by atoms with Gasteiger partial charge in [-0.25, -0.2) is 0 Å². The fraction of sp³-hybridized carbons (Fsp3) is 0.167. The minimum atomic E-state index is -0.504. The van der Waals surface area contributed by atoms with Crippen molar-refractivity contribution in [2.75, 3.05) is 6.79 Å². The van der Waals surface area contributed by atoms with Gasteiger partial charge in [-0.3, -0.25) is 14.9 Å². The fourth-order valence-electron chi connectivity index (χ4n) is 3.71. The van der Waals surface area contributed by atoms with Crippen LogP contribution in [-0.2, 0) is 11.3 Å². The molecular formula is C24H20N4O5. The normalized spacial score (nSPS) is 12.3. The van der Waals surface area contributed by atoms with Crippen LogP contribution in [0, 0.1) is 35.3 Å². The van der Waals surface area contributed by atoms with Crippen molar-refractivity contribution in [3.63, 3.8) is 0 Å². The zero-order valence-electron chi connectivity index (χ0n) is 18.0. The maximum Gasteiger partial charge on any atom is 0.271 e. The molecule has 0 saturated carbocycles. The highest BCUT2D eigenvalue weighted by molar-refractivity contribution is 6.01. The Bertz CT molecular complexity index is 1330. The van der Waals surface area contributed by atoms with Gasteiger partial charge in [-0.1, -0.05) is 12.1 Å². The van der Waals surface area contributed by atoms with Crippen LogP contribution < -0.4 is 14.8 Å². The molecule has 166 valence electrons. The average Bonchev–Trinajstić information content (AvgIpc) is 3.38. The molecule has 0 radical (unpaired) electrons. The summed E-state index contributed by atoms with van der Waals surface area (Å²) in [5.74, 6) is 0.767. The van der Waals surface area contributed by atoms with Crippen LogP contribution in [-0.4, -0.2) is 22.2 Å². The van der Waals surface area contributed by atoms with Crippen molar-refractivity contribution in [3.8, 4) is 23.3 Å². The summed E-state index contributed by atoms with van der Waals surface area (Å²) in [6, 6.07) is 15.4. The predicted octanol–water partition coefficient (Wildman–Crippen LogP) is 3.95. The quantitative estimate of drug-likeness (QED) is 0.266. The van der Waals surface area contributed by atoms with Gasteiger partial charge >= 0.3 is 0 Å². The van der Waals surface area contributed by atoms with Gasteiger partial charge in [-0.2, -0.15) is 5.26 Å². The van der Waals surface area contributed by atoms with Crippen molar-refractivity contribution >= 4 is 17.7 Å². The number of rotatable bonds is 6. The SMILES string of the molecule is Cc1cc(/C=C(\C#N)C(=O)NCc2ccc3c(c2)OCO3)c(C)n1-c1cccc([N+](=O)[O-])c1. The maximum atomic E-state index is 12.6. The van der Waals surface area contributed by atoms with Gasteiger partial charge in [0.15, 0.2) is 11.5 Å². The molecule has 4 rings (SSSR count). The maximum absolute atomic E-state index is 12.6. The highest BCUT2D eigenvalue weighted by atomic mass is 16.7. The Morgan fingerprint density at radius 3 is 2.76 bits per heavy atom. The molecule has 33 heavy (non-hydrogen) atoms. The van der Waals surface area contributed by atoms with Crippen LogP contribution in [0.4, 0.5) is 5.69 Å². The number of fused-ring (bicyclic) bond motifs is 1. The number of nitrogens with zero attached hydrogens (tertiary/aromatic N) is 3. The summed E-state index contributed by atoms with van der Waals surface area (Å²) in [6.45, 7) is 4.08. The molecule has 0 unspecified atom stereocenters.